The molecule has 0 radical (unpaired) electrons. The van der Waals surface area contributed by atoms with Crippen LogP contribution in [0.5, 0.6) is 0 Å². The topological polar surface area (TPSA) is 107 Å². The minimum Gasteiger partial charge on any atom is -0.481 e. The van der Waals surface area contributed by atoms with Crippen molar-refractivity contribution in [3.8, 4) is 0 Å². The van der Waals surface area contributed by atoms with Gasteiger partial charge in [-0.2, -0.15) is 0 Å². The zero-order valence-corrected chi connectivity index (χ0v) is 23.1. The first-order valence-corrected chi connectivity index (χ1v) is 13.4. The second kappa shape index (κ2) is 17.5. The number of Topliss-reactive ketones (excluding diaryl/α,β-unsaturated/α-hetero) is 1. The van der Waals surface area contributed by atoms with E-state index in [4.69, 9.17) is 14.6 Å². The molecule has 0 heterocycles. The number of hydrogen-bond acceptors (Lipinski definition) is 6. The number of carboxylic acids is 1. The Morgan fingerprint density at radius 1 is 0.629 bits per heavy atom. The Hall–Kier alpha value is -1.92. The van der Waals surface area contributed by atoms with Gasteiger partial charge in [0.1, 0.15) is 17.0 Å². The molecule has 0 aliphatic rings. The summed E-state index contributed by atoms with van der Waals surface area (Å²) >= 11 is 0. The van der Waals surface area contributed by atoms with Gasteiger partial charge in [0.15, 0.2) is 0 Å². The van der Waals surface area contributed by atoms with Gasteiger partial charge in [0.05, 0.1) is 5.92 Å². The minimum atomic E-state index is -0.980. The molecule has 0 saturated heterocycles. The van der Waals surface area contributed by atoms with Crippen molar-refractivity contribution in [3.63, 3.8) is 0 Å². The van der Waals surface area contributed by atoms with Crippen LogP contribution in [-0.4, -0.2) is 40.0 Å². The Balaban J connectivity index is 3.87. The maximum Gasteiger partial charge on any atom is 0.309 e. The van der Waals surface area contributed by atoms with Crippen LogP contribution in [0.25, 0.3) is 0 Å². The Labute approximate surface area is 212 Å². The number of ether oxygens (including phenoxy) is 2. The number of ketones is 1. The standard InChI is InChI=1S/C28H50O7/c1-27(2,3)34-25(32)18-16-14-12-10-8-7-9-11-13-15-17-23(29)21-22(19-20-24(30)31)26(33)35-28(4,5)6/h22H,7-21H2,1-6H3,(H,30,31)/t22-/m1/s1. The molecule has 1 N–H and O–H groups in total. The van der Waals surface area contributed by atoms with Gasteiger partial charge in [-0.3, -0.25) is 19.2 Å². The van der Waals surface area contributed by atoms with Gasteiger partial charge in [-0.1, -0.05) is 51.4 Å². The average molecular weight is 499 g/mol. The third-order valence-corrected chi connectivity index (χ3v) is 5.43. The van der Waals surface area contributed by atoms with E-state index in [0.29, 0.717) is 12.8 Å². The van der Waals surface area contributed by atoms with E-state index < -0.39 is 29.1 Å². The molecular weight excluding hydrogens is 448 g/mol. The fraction of sp³-hybridized carbons (Fsp3) is 0.857. The zero-order chi connectivity index (χ0) is 26.9. The van der Waals surface area contributed by atoms with Crippen LogP contribution in [0.4, 0.5) is 0 Å². The lowest BCUT2D eigenvalue weighted by atomic mass is 9.94. The zero-order valence-electron chi connectivity index (χ0n) is 23.1. The Morgan fingerprint density at radius 2 is 1.06 bits per heavy atom. The van der Waals surface area contributed by atoms with Gasteiger partial charge in [-0.05, 0) is 60.8 Å². The maximum atomic E-state index is 12.4. The summed E-state index contributed by atoms with van der Waals surface area (Å²) < 4.78 is 10.7. The highest BCUT2D eigenvalue weighted by molar-refractivity contribution is 5.84. The molecule has 0 fully saturated rings. The Morgan fingerprint density at radius 3 is 1.49 bits per heavy atom. The molecule has 0 aromatic rings. The highest BCUT2D eigenvalue weighted by Gasteiger charge is 2.27. The van der Waals surface area contributed by atoms with Crippen LogP contribution in [0.15, 0.2) is 0 Å². The van der Waals surface area contributed by atoms with Gasteiger partial charge in [0.25, 0.3) is 0 Å². The van der Waals surface area contributed by atoms with Crippen LogP contribution in [0.2, 0.25) is 0 Å². The first kappa shape index (κ1) is 33.1. The van der Waals surface area contributed by atoms with Crippen LogP contribution in [0, 0.1) is 5.92 Å². The predicted octanol–water partition coefficient (Wildman–Crippen LogP) is 6.79. The SMILES string of the molecule is CC(C)(C)OC(=O)CCCCCCCCCCCCC(=O)C[C@@H](CCC(=O)O)C(=O)OC(C)(C)C. The third kappa shape index (κ3) is 22.3. The van der Waals surface area contributed by atoms with Crippen molar-refractivity contribution >= 4 is 23.7 Å². The van der Waals surface area contributed by atoms with Gasteiger partial charge in [0, 0.05) is 25.7 Å². The van der Waals surface area contributed by atoms with E-state index in [1.165, 1.54) is 19.3 Å². The molecule has 7 nitrogen and oxygen atoms in total. The van der Waals surface area contributed by atoms with E-state index in [0.717, 1.165) is 44.9 Å². The number of aliphatic carboxylic acids is 1. The monoisotopic (exact) mass is 498 g/mol. The van der Waals surface area contributed by atoms with Crippen molar-refractivity contribution in [3.05, 3.63) is 0 Å². The van der Waals surface area contributed by atoms with E-state index in [-0.39, 0.29) is 31.0 Å². The van der Waals surface area contributed by atoms with Crippen LogP contribution in [0.3, 0.4) is 0 Å². The normalized spacial score (nSPS) is 12.7. The van der Waals surface area contributed by atoms with E-state index in [1.54, 1.807) is 20.8 Å². The van der Waals surface area contributed by atoms with Crippen molar-refractivity contribution in [2.45, 2.75) is 149 Å². The van der Waals surface area contributed by atoms with Crippen molar-refractivity contribution < 1.29 is 33.8 Å². The van der Waals surface area contributed by atoms with Crippen LogP contribution in [-0.2, 0) is 28.7 Å². The lowest BCUT2D eigenvalue weighted by Gasteiger charge is -2.23. The van der Waals surface area contributed by atoms with Gasteiger partial charge in [-0.15, -0.1) is 0 Å². The molecule has 0 unspecified atom stereocenters. The molecule has 0 rings (SSSR count). The first-order valence-electron chi connectivity index (χ1n) is 13.4. The summed E-state index contributed by atoms with van der Waals surface area (Å²) in [6.45, 7) is 10.9. The Bertz CT molecular complexity index is 641. The number of carboxylic acid groups (broad SMARTS) is 1. The number of carbonyl (C=O) groups is 4. The van der Waals surface area contributed by atoms with Crippen molar-refractivity contribution in [1.82, 2.24) is 0 Å². The number of rotatable bonds is 19. The average Bonchev–Trinajstić information content (AvgIpc) is 2.69. The van der Waals surface area contributed by atoms with E-state index in [9.17, 15) is 19.2 Å². The molecule has 0 saturated carbocycles. The molecule has 204 valence electrons. The number of esters is 2. The molecular formula is C28H50O7. The smallest absolute Gasteiger partial charge is 0.309 e. The molecule has 0 bridgehead atoms. The van der Waals surface area contributed by atoms with Gasteiger partial charge >= 0.3 is 17.9 Å². The lowest BCUT2D eigenvalue weighted by Crippen LogP contribution is -2.30. The molecule has 7 heteroatoms. The second-order valence-corrected chi connectivity index (χ2v) is 11.5. The van der Waals surface area contributed by atoms with Gasteiger partial charge in [0.2, 0.25) is 0 Å². The molecule has 0 aromatic carbocycles. The fourth-order valence-corrected chi connectivity index (χ4v) is 3.76. The van der Waals surface area contributed by atoms with E-state index >= 15 is 0 Å². The maximum absolute atomic E-state index is 12.4. The molecule has 0 spiro atoms. The summed E-state index contributed by atoms with van der Waals surface area (Å²) in [4.78, 5) is 47.3. The van der Waals surface area contributed by atoms with Gasteiger partial charge < -0.3 is 14.6 Å². The summed E-state index contributed by atoms with van der Waals surface area (Å²) in [7, 11) is 0. The van der Waals surface area contributed by atoms with Gasteiger partial charge in [-0.25, -0.2) is 0 Å². The van der Waals surface area contributed by atoms with E-state index in [2.05, 4.69) is 0 Å². The Kier molecular flexibility index (Phi) is 16.5. The van der Waals surface area contributed by atoms with Crippen LogP contribution < -0.4 is 0 Å². The van der Waals surface area contributed by atoms with E-state index in [1.807, 2.05) is 20.8 Å². The quantitative estimate of drug-likeness (QED) is 0.154. The van der Waals surface area contributed by atoms with Crippen molar-refractivity contribution in [2.75, 3.05) is 0 Å². The largest absolute Gasteiger partial charge is 0.481 e. The molecule has 35 heavy (non-hydrogen) atoms. The van der Waals surface area contributed by atoms with Crippen molar-refractivity contribution in [1.29, 1.82) is 0 Å². The molecule has 0 amide bonds. The summed E-state index contributed by atoms with van der Waals surface area (Å²) in [5, 5.41) is 8.93. The molecule has 0 aliphatic heterocycles. The van der Waals surface area contributed by atoms with Crippen molar-refractivity contribution in [2.24, 2.45) is 5.92 Å². The highest BCUT2D eigenvalue weighted by atomic mass is 16.6. The van der Waals surface area contributed by atoms with Crippen LogP contribution in [0.1, 0.15) is 138 Å². The first-order chi connectivity index (χ1) is 16.2. The number of unbranched alkanes of at least 4 members (excludes halogenated alkanes) is 9. The highest BCUT2D eigenvalue weighted by Crippen LogP contribution is 2.20. The summed E-state index contributed by atoms with van der Waals surface area (Å²) in [6, 6.07) is 0. The lowest BCUT2D eigenvalue weighted by molar-refractivity contribution is -0.161. The fourth-order valence-electron chi connectivity index (χ4n) is 3.76. The third-order valence-electron chi connectivity index (χ3n) is 5.43. The number of hydrogen-bond donors (Lipinski definition) is 1. The summed E-state index contributed by atoms with van der Waals surface area (Å²) in [5.74, 6) is -2.28. The second-order valence-electron chi connectivity index (χ2n) is 11.5. The molecule has 1 atom stereocenters. The molecule has 0 aliphatic carbocycles. The summed E-state index contributed by atoms with van der Waals surface area (Å²) in [5.41, 5.74) is -1.07. The minimum absolute atomic E-state index is 0.00219. The molecule has 0 aromatic heterocycles. The predicted molar refractivity (Wildman–Crippen MR) is 137 cm³/mol. The van der Waals surface area contributed by atoms with Crippen LogP contribution >= 0.6 is 0 Å². The number of carbonyl (C=O) groups excluding carboxylic acids is 3. The summed E-state index contributed by atoms with van der Waals surface area (Å²) in [6.07, 6.45) is 11.6.